The van der Waals surface area contributed by atoms with Crippen molar-refractivity contribution >= 4 is 5.96 Å². The summed E-state index contributed by atoms with van der Waals surface area (Å²) in [6.45, 7) is 6.06. The molecule has 0 amide bonds. The maximum atomic E-state index is 5.41. The maximum absolute atomic E-state index is 5.41. The largest absolute Gasteiger partial charge is 0.496 e. The number of morpholine rings is 1. The van der Waals surface area contributed by atoms with Crippen LogP contribution < -0.4 is 15.4 Å². The first-order chi connectivity index (χ1) is 13.8. The second kappa shape index (κ2) is 10.7. The van der Waals surface area contributed by atoms with Crippen molar-refractivity contribution in [2.45, 2.75) is 19.6 Å². The monoisotopic (exact) mass is 382 g/mol. The van der Waals surface area contributed by atoms with Crippen LogP contribution in [-0.2, 0) is 24.4 Å². The highest BCUT2D eigenvalue weighted by Gasteiger charge is 2.10. The molecule has 6 heteroatoms. The Bertz CT molecular complexity index is 755. The van der Waals surface area contributed by atoms with Gasteiger partial charge in [0.25, 0.3) is 0 Å². The van der Waals surface area contributed by atoms with Crippen LogP contribution in [-0.4, -0.2) is 51.3 Å². The number of nitrogens with zero attached hydrogens (tertiary/aromatic N) is 2. The third-order valence-electron chi connectivity index (χ3n) is 4.86. The Morgan fingerprint density at radius 3 is 2.39 bits per heavy atom. The standard InChI is InChI=1S/C22H30N4O2/c1-23-22(25-16-20-5-3-4-6-21(20)27-2)24-15-18-7-9-19(10-8-18)17-26-11-13-28-14-12-26/h3-10H,11-17H2,1-2H3,(H2,23,24,25). The number of rotatable bonds is 7. The van der Waals surface area contributed by atoms with Gasteiger partial charge in [-0.1, -0.05) is 42.5 Å². The minimum absolute atomic E-state index is 0.655. The zero-order chi connectivity index (χ0) is 19.6. The first kappa shape index (κ1) is 20.2. The summed E-state index contributed by atoms with van der Waals surface area (Å²) in [5.74, 6) is 1.64. The average Bonchev–Trinajstić information content (AvgIpc) is 2.76. The molecule has 0 spiro atoms. The minimum atomic E-state index is 0.655. The molecule has 1 heterocycles. The number of para-hydroxylation sites is 1. The molecule has 0 bridgehead atoms. The Kier molecular flexibility index (Phi) is 7.70. The molecule has 0 unspecified atom stereocenters. The highest BCUT2D eigenvalue weighted by atomic mass is 16.5. The van der Waals surface area contributed by atoms with E-state index in [4.69, 9.17) is 9.47 Å². The van der Waals surface area contributed by atoms with E-state index in [0.717, 1.165) is 56.7 Å². The lowest BCUT2D eigenvalue weighted by Crippen LogP contribution is -2.36. The van der Waals surface area contributed by atoms with Crippen molar-refractivity contribution in [2.24, 2.45) is 4.99 Å². The quantitative estimate of drug-likeness (QED) is 0.569. The van der Waals surface area contributed by atoms with Crippen molar-refractivity contribution in [3.63, 3.8) is 0 Å². The third-order valence-corrected chi connectivity index (χ3v) is 4.86. The Labute approximate surface area is 167 Å². The van der Waals surface area contributed by atoms with Gasteiger partial charge in [-0.05, 0) is 17.2 Å². The number of methoxy groups -OCH3 is 1. The summed E-state index contributed by atoms with van der Waals surface area (Å²) < 4.78 is 10.8. The van der Waals surface area contributed by atoms with Gasteiger partial charge in [0, 0.05) is 45.3 Å². The number of guanidine groups is 1. The van der Waals surface area contributed by atoms with Crippen molar-refractivity contribution in [3.8, 4) is 5.75 Å². The lowest BCUT2D eigenvalue weighted by atomic mass is 10.1. The van der Waals surface area contributed by atoms with Crippen LogP contribution in [0.25, 0.3) is 0 Å². The van der Waals surface area contributed by atoms with E-state index in [-0.39, 0.29) is 0 Å². The summed E-state index contributed by atoms with van der Waals surface area (Å²) in [4.78, 5) is 6.73. The Balaban J connectivity index is 1.46. The van der Waals surface area contributed by atoms with Crippen LogP contribution in [0, 0.1) is 0 Å². The van der Waals surface area contributed by atoms with E-state index in [1.165, 1.54) is 11.1 Å². The van der Waals surface area contributed by atoms with Crippen molar-refractivity contribution < 1.29 is 9.47 Å². The molecule has 1 aliphatic heterocycles. The van der Waals surface area contributed by atoms with Crippen LogP contribution in [0.15, 0.2) is 53.5 Å². The first-order valence-corrected chi connectivity index (χ1v) is 9.73. The van der Waals surface area contributed by atoms with Crippen LogP contribution in [0.2, 0.25) is 0 Å². The molecule has 150 valence electrons. The summed E-state index contributed by atoms with van der Waals surface area (Å²) in [5, 5.41) is 6.70. The molecule has 0 aromatic heterocycles. The van der Waals surface area contributed by atoms with Gasteiger partial charge in [0.15, 0.2) is 5.96 Å². The summed E-state index contributed by atoms with van der Waals surface area (Å²) in [6.07, 6.45) is 0. The topological polar surface area (TPSA) is 58.1 Å². The second-order valence-corrected chi connectivity index (χ2v) is 6.80. The fourth-order valence-corrected chi connectivity index (χ4v) is 3.21. The number of hydrogen-bond acceptors (Lipinski definition) is 4. The van der Waals surface area contributed by atoms with E-state index in [1.54, 1.807) is 14.2 Å². The molecule has 0 saturated carbocycles. The molecule has 1 aliphatic rings. The Morgan fingerprint density at radius 2 is 1.68 bits per heavy atom. The van der Waals surface area contributed by atoms with Gasteiger partial charge in [0.05, 0.1) is 20.3 Å². The van der Waals surface area contributed by atoms with Gasteiger partial charge in [-0.25, -0.2) is 0 Å². The van der Waals surface area contributed by atoms with Crippen LogP contribution in [0.4, 0.5) is 0 Å². The summed E-state index contributed by atoms with van der Waals surface area (Å²) in [6, 6.07) is 16.8. The van der Waals surface area contributed by atoms with Gasteiger partial charge in [-0.15, -0.1) is 0 Å². The number of ether oxygens (including phenoxy) is 2. The Hall–Kier alpha value is -2.57. The molecule has 0 radical (unpaired) electrons. The van der Waals surface area contributed by atoms with Crippen LogP contribution >= 0.6 is 0 Å². The molecule has 2 N–H and O–H groups in total. The molecule has 0 atom stereocenters. The SMILES string of the molecule is CN=C(NCc1ccc(CN2CCOCC2)cc1)NCc1ccccc1OC. The highest BCUT2D eigenvalue weighted by molar-refractivity contribution is 5.79. The molecule has 2 aromatic carbocycles. The van der Waals surface area contributed by atoms with E-state index in [2.05, 4.69) is 44.8 Å². The number of hydrogen-bond donors (Lipinski definition) is 2. The molecule has 1 saturated heterocycles. The fourth-order valence-electron chi connectivity index (χ4n) is 3.21. The predicted octanol–water partition coefficient (Wildman–Crippen LogP) is 2.39. The van der Waals surface area contributed by atoms with Crippen molar-refractivity contribution in [3.05, 3.63) is 65.2 Å². The predicted molar refractivity (Wildman–Crippen MR) is 113 cm³/mol. The average molecular weight is 383 g/mol. The number of aliphatic imine (C=N–C) groups is 1. The third kappa shape index (κ3) is 5.97. The second-order valence-electron chi connectivity index (χ2n) is 6.80. The molecule has 2 aromatic rings. The number of nitrogens with one attached hydrogen (secondary N) is 2. The van der Waals surface area contributed by atoms with Crippen LogP contribution in [0.1, 0.15) is 16.7 Å². The highest BCUT2D eigenvalue weighted by Crippen LogP contribution is 2.16. The van der Waals surface area contributed by atoms with Gasteiger partial charge >= 0.3 is 0 Å². The Morgan fingerprint density at radius 1 is 1.00 bits per heavy atom. The van der Waals surface area contributed by atoms with Gasteiger partial charge in [-0.2, -0.15) is 0 Å². The van der Waals surface area contributed by atoms with Gasteiger partial charge in [0.1, 0.15) is 5.75 Å². The minimum Gasteiger partial charge on any atom is -0.496 e. The van der Waals surface area contributed by atoms with E-state index >= 15 is 0 Å². The fraction of sp³-hybridized carbons (Fsp3) is 0.409. The summed E-state index contributed by atoms with van der Waals surface area (Å²) >= 11 is 0. The lowest BCUT2D eigenvalue weighted by Gasteiger charge is -2.26. The molecule has 0 aliphatic carbocycles. The van der Waals surface area contributed by atoms with Crippen molar-refractivity contribution in [2.75, 3.05) is 40.5 Å². The zero-order valence-corrected chi connectivity index (χ0v) is 16.8. The zero-order valence-electron chi connectivity index (χ0n) is 16.8. The van der Waals surface area contributed by atoms with Gasteiger partial charge in [0.2, 0.25) is 0 Å². The molecular weight excluding hydrogens is 352 g/mol. The van der Waals surface area contributed by atoms with E-state index in [9.17, 15) is 0 Å². The normalized spacial score (nSPS) is 15.3. The van der Waals surface area contributed by atoms with Crippen molar-refractivity contribution in [1.29, 1.82) is 0 Å². The first-order valence-electron chi connectivity index (χ1n) is 9.73. The molecular formula is C22H30N4O2. The van der Waals surface area contributed by atoms with Crippen LogP contribution in [0.3, 0.4) is 0 Å². The smallest absolute Gasteiger partial charge is 0.191 e. The van der Waals surface area contributed by atoms with Crippen LogP contribution in [0.5, 0.6) is 5.75 Å². The maximum Gasteiger partial charge on any atom is 0.191 e. The number of benzene rings is 2. The van der Waals surface area contributed by atoms with E-state index < -0.39 is 0 Å². The molecule has 6 nitrogen and oxygen atoms in total. The molecule has 28 heavy (non-hydrogen) atoms. The van der Waals surface area contributed by atoms with Gasteiger partial charge < -0.3 is 20.1 Å². The summed E-state index contributed by atoms with van der Waals surface area (Å²) in [5.41, 5.74) is 3.66. The molecule has 1 fully saturated rings. The van der Waals surface area contributed by atoms with Gasteiger partial charge in [-0.3, -0.25) is 9.89 Å². The van der Waals surface area contributed by atoms with Crippen molar-refractivity contribution in [1.82, 2.24) is 15.5 Å². The van der Waals surface area contributed by atoms with E-state index in [0.29, 0.717) is 6.54 Å². The van der Waals surface area contributed by atoms with E-state index in [1.807, 2.05) is 24.3 Å². The lowest BCUT2D eigenvalue weighted by molar-refractivity contribution is 0.0342. The molecule has 3 rings (SSSR count). The summed E-state index contributed by atoms with van der Waals surface area (Å²) in [7, 11) is 3.47.